The molecular formula is C16H24N2O3. The van der Waals surface area contributed by atoms with Crippen molar-refractivity contribution in [2.24, 2.45) is 0 Å². The quantitative estimate of drug-likeness (QED) is 0.812. The number of amides is 2. The Morgan fingerprint density at radius 2 is 1.81 bits per heavy atom. The maximum absolute atomic E-state index is 12.0. The number of hydrogen-bond donors (Lipinski definition) is 2. The molecule has 2 atom stereocenters. The zero-order chi connectivity index (χ0) is 15.7. The first kappa shape index (κ1) is 17.0. The van der Waals surface area contributed by atoms with Crippen molar-refractivity contribution in [3.05, 3.63) is 35.9 Å². The summed E-state index contributed by atoms with van der Waals surface area (Å²) in [6, 6.07) is 9.14. The van der Waals surface area contributed by atoms with Crippen molar-refractivity contribution >= 4 is 12.0 Å². The number of carbonyl (C=O) groups excluding carboxylic acids is 2. The molecule has 0 radical (unpaired) electrons. The first-order chi connectivity index (χ1) is 10.1. The van der Waals surface area contributed by atoms with Crippen LogP contribution in [0.4, 0.5) is 4.79 Å². The lowest BCUT2D eigenvalue weighted by Crippen LogP contribution is -2.37. The molecule has 0 saturated carbocycles. The van der Waals surface area contributed by atoms with Crippen molar-refractivity contribution in [3.8, 4) is 0 Å². The van der Waals surface area contributed by atoms with Gasteiger partial charge in [0.1, 0.15) is 0 Å². The van der Waals surface area contributed by atoms with E-state index in [0.29, 0.717) is 6.61 Å². The Kier molecular flexibility index (Phi) is 7.29. The van der Waals surface area contributed by atoms with Crippen molar-refractivity contribution in [2.75, 3.05) is 6.61 Å². The van der Waals surface area contributed by atoms with Gasteiger partial charge in [0.25, 0.3) is 0 Å². The highest BCUT2D eigenvalue weighted by Gasteiger charge is 2.19. The summed E-state index contributed by atoms with van der Waals surface area (Å²) in [5.41, 5.74) is 0.879. The third-order valence-electron chi connectivity index (χ3n) is 3.18. The van der Waals surface area contributed by atoms with Gasteiger partial charge in [0.2, 0.25) is 5.91 Å². The minimum absolute atomic E-state index is 0.0880. The van der Waals surface area contributed by atoms with Crippen LogP contribution in [0, 0.1) is 0 Å². The lowest BCUT2D eigenvalue weighted by atomic mass is 10.0. The van der Waals surface area contributed by atoms with Crippen LogP contribution in [-0.2, 0) is 9.53 Å². The molecule has 0 unspecified atom stereocenters. The summed E-state index contributed by atoms with van der Waals surface area (Å²) >= 11 is 0. The van der Waals surface area contributed by atoms with E-state index in [-0.39, 0.29) is 18.4 Å². The molecule has 1 aromatic carbocycles. The van der Waals surface area contributed by atoms with E-state index < -0.39 is 12.1 Å². The predicted molar refractivity (Wildman–Crippen MR) is 81.9 cm³/mol. The lowest BCUT2D eigenvalue weighted by molar-refractivity contribution is -0.122. The molecule has 0 saturated heterocycles. The summed E-state index contributed by atoms with van der Waals surface area (Å²) in [6.07, 6.45) is 0.544. The van der Waals surface area contributed by atoms with Gasteiger partial charge in [-0.2, -0.15) is 0 Å². The Morgan fingerprint density at radius 1 is 1.14 bits per heavy atom. The maximum Gasteiger partial charge on any atom is 0.407 e. The molecule has 5 nitrogen and oxygen atoms in total. The molecule has 116 valence electrons. The van der Waals surface area contributed by atoms with Crippen molar-refractivity contribution in [3.63, 3.8) is 0 Å². The molecular weight excluding hydrogens is 268 g/mol. The molecule has 5 heteroatoms. The second-order valence-corrected chi connectivity index (χ2v) is 4.91. The second kappa shape index (κ2) is 9.00. The van der Waals surface area contributed by atoms with Gasteiger partial charge >= 0.3 is 6.09 Å². The highest BCUT2D eigenvalue weighted by atomic mass is 16.5. The van der Waals surface area contributed by atoms with E-state index in [1.807, 2.05) is 44.2 Å². The Labute approximate surface area is 126 Å². The summed E-state index contributed by atoms with van der Waals surface area (Å²) in [7, 11) is 0. The normalized spacial score (nSPS) is 13.1. The predicted octanol–water partition coefficient (Wildman–Crippen LogP) is 2.78. The maximum atomic E-state index is 12.0. The minimum Gasteiger partial charge on any atom is -0.450 e. The number of ether oxygens (including phenoxy) is 1. The van der Waals surface area contributed by atoms with E-state index in [0.717, 1.165) is 12.0 Å². The SMILES string of the molecule is CCOC(=O)N[C@H](CC(=O)N[C@@H](C)CC)c1ccccc1. The Hall–Kier alpha value is -2.04. The van der Waals surface area contributed by atoms with Crippen molar-refractivity contribution in [2.45, 2.75) is 45.7 Å². The number of hydrogen-bond acceptors (Lipinski definition) is 3. The number of benzene rings is 1. The molecule has 0 heterocycles. The monoisotopic (exact) mass is 292 g/mol. The fourth-order valence-corrected chi connectivity index (χ4v) is 1.87. The fourth-order valence-electron chi connectivity index (χ4n) is 1.87. The van der Waals surface area contributed by atoms with Gasteiger partial charge in [0, 0.05) is 6.04 Å². The molecule has 0 aromatic heterocycles. The van der Waals surface area contributed by atoms with Gasteiger partial charge in [-0.15, -0.1) is 0 Å². The fraction of sp³-hybridized carbons (Fsp3) is 0.500. The summed E-state index contributed by atoms with van der Waals surface area (Å²) < 4.78 is 4.90. The number of carbonyl (C=O) groups is 2. The molecule has 2 amide bonds. The van der Waals surface area contributed by atoms with Crippen molar-refractivity contribution in [1.29, 1.82) is 0 Å². The number of rotatable bonds is 7. The highest BCUT2D eigenvalue weighted by Crippen LogP contribution is 2.16. The number of nitrogens with one attached hydrogen (secondary N) is 2. The molecule has 0 bridgehead atoms. The van der Waals surface area contributed by atoms with E-state index in [2.05, 4.69) is 10.6 Å². The first-order valence-electron chi connectivity index (χ1n) is 7.34. The summed E-state index contributed by atoms with van der Waals surface area (Å²) in [5.74, 6) is -0.0880. The summed E-state index contributed by atoms with van der Waals surface area (Å²) in [6.45, 7) is 6.00. The largest absolute Gasteiger partial charge is 0.450 e. The van der Waals surface area contributed by atoms with Crippen molar-refractivity contribution in [1.82, 2.24) is 10.6 Å². The molecule has 1 aromatic rings. The van der Waals surface area contributed by atoms with Crippen LogP contribution in [0.3, 0.4) is 0 Å². The van der Waals surface area contributed by atoms with Crippen LogP contribution in [0.15, 0.2) is 30.3 Å². The molecule has 0 fully saturated rings. The van der Waals surface area contributed by atoms with Crippen molar-refractivity contribution < 1.29 is 14.3 Å². The van der Waals surface area contributed by atoms with Crippen LogP contribution in [0.25, 0.3) is 0 Å². The first-order valence-corrected chi connectivity index (χ1v) is 7.34. The third-order valence-corrected chi connectivity index (χ3v) is 3.18. The molecule has 0 aliphatic heterocycles. The summed E-state index contributed by atoms with van der Waals surface area (Å²) in [4.78, 5) is 23.7. The van der Waals surface area contributed by atoms with Crippen LogP contribution in [0.5, 0.6) is 0 Å². The van der Waals surface area contributed by atoms with E-state index in [4.69, 9.17) is 4.74 Å². The zero-order valence-corrected chi connectivity index (χ0v) is 12.9. The van der Waals surface area contributed by atoms with Gasteiger partial charge in [-0.1, -0.05) is 37.3 Å². The second-order valence-electron chi connectivity index (χ2n) is 4.91. The summed E-state index contributed by atoms with van der Waals surface area (Å²) in [5, 5.41) is 5.64. The van der Waals surface area contributed by atoms with Gasteiger partial charge in [0.15, 0.2) is 0 Å². The van der Waals surface area contributed by atoms with Gasteiger partial charge in [-0.05, 0) is 25.8 Å². The van der Waals surface area contributed by atoms with E-state index >= 15 is 0 Å². The van der Waals surface area contributed by atoms with E-state index in [1.54, 1.807) is 6.92 Å². The Balaban J connectivity index is 2.73. The van der Waals surface area contributed by atoms with Crippen LogP contribution in [0.2, 0.25) is 0 Å². The molecule has 0 spiro atoms. The van der Waals surface area contributed by atoms with Crippen LogP contribution in [-0.4, -0.2) is 24.6 Å². The average Bonchev–Trinajstić information content (AvgIpc) is 2.47. The third kappa shape index (κ3) is 6.29. The molecule has 2 N–H and O–H groups in total. The molecule has 0 aliphatic carbocycles. The lowest BCUT2D eigenvalue weighted by Gasteiger charge is -2.20. The van der Waals surface area contributed by atoms with Gasteiger partial charge < -0.3 is 15.4 Å². The Morgan fingerprint density at radius 3 is 2.38 bits per heavy atom. The molecule has 0 aliphatic rings. The standard InChI is InChI=1S/C16H24N2O3/c1-4-12(3)17-15(19)11-14(18-16(20)21-5-2)13-9-7-6-8-10-13/h6-10,12,14H,4-5,11H2,1-3H3,(H,17,19)(H,18,20)/t12-,14+/m0/s1. The minimum atomic E-state index is -0.511. The molecule has 21 heavy (non-hydrogen) atoms. The average molecular weight is 292 g/mol. The smallest absolute Gasteiger partial charge is 0.407 e. The van der Waals surface area contributed by atoms with E-state index in [9.17, 15) is 9.59 Å². The van der Waals surface area contributed by atoms with Crippen LogP contribution >= 0.6 is 0 Å². The number of alkyl carbamates (subject to hydrolysis) is 1. The topological polar surface area (TPSA) is 67.4 Å². The van der Waals surface area contributed by atoms with Gasteiger partial charge in [-0.25, -0.2) is 4.79 Å². The van der Waals surface area contributed by atoms with Gasteiger partial charge in [-0.3, -0.25) is 4.79 Å². The van der Waals surface area contributed by atoms with E-state index in [1.165, 1.54) is 0 Å². The van der Waals surface area contributed by atoms with Crippen LogP contribution < -0.4 is 10.6 Å². The van der Waals surface area contributed by atoms with Crippen LogP contribution in [0.1, 0.15) is 45.2 Å². The zero-order valence-electron chi connectivity index (χ0n) is 12.9. The Bertz CT molecular complexity index is 448. The molecule has 1 rings (SSSR count). The highest BCUT2D eigenvalue weighted by molar-refractivity contribution is 5.78. The van der Waals surface area contributed by atoms with Gasteiger partial charge in [0.05, 0.1) is 19.1 Å².